The van der Waals surface area contributed by atoms with Crippen molar-refractivity contribution in [2.45, 2.75) is 39.9 Å². The summed E-state index contributed by atoms with van der Waals surface area (Å²) in [6.45, 7) is 2.83. The third kappa shape index (κ3) is 3.68. The molecule has 1 rings (SSSR count). The molecule has 0 atom stereocenters. The predicted octanol–water partition coefficient (Wildman–Crippen LogP) is 3.64. The molecule has 0 aliphatic rings. The zero-order chi connectivity index (χ0) is 12.1. The average molecular weight is 230 g/mol. The topological polar surface area (TPSA) is 18.5 Å². The molecule has 90 valence electrons. The lowest BCUT2D eigenvalue weighted by atomic mass is 10.1. The normalized spacial score (nSPS) is 10.9. The summed E-state index contributed by atoms with van der Waals surface area (Å²) in [7, 11) is 0. The number of hydrogen-bond acceptors (Lipinski definition) is 2. The van der Waals surface area contributed by atoms with Crippen molar-refractivity contribution in [3.05, 3.63) is 23.8 Å². The Bertz CT molecular complexity index is 338. The van der Waals surface area contributed by atoms with Gasteiger partial charge in [0.15, 0.2) is 11.5 Å². The molecular formula is C12H16F2O2. The van der Waals surface area contributed by atoms with Gasteiger partial charge < -0.3 is 9.47 Å². The Morgan fingerprint density at radius 2 is 1.81 bits per heavy atom. The molecule has 4 heteroatoms. The van der Waals surface area contributed by atoms with E-state index in [-0.39, 0.29) is 11.9 Å². The highest BCUT2D eigenvalue weighted by Gasteiger charge is 2.12. The largest absolute Gasteiger partial charge is 0.487 e. The van der Waals surface area contributed by atoms with Gasteiger partial charge in [0, 0.05) is 0 Å². The number of aryl methyl sites for hydroxylation is 1. The Hall–Kier alpha value is -1.32. The van der Waals surface area contributed by atoms with E-state index in [1.807, 2.05) is 20.8 Å². The Kier molecular flexibility index (Phi) is 4.52. The van der Waals surface area contributed by atoms with Gasteiger partial charge in [0.2, 0.25) is 0 Å². The maximum atomic E-state index is 12.1. The van der Waals surface area contributed by atoms with Crippen molar-refractivity contribution in [1.29, 1.82) is 0 Å². The second-order valence-corrected chi connectivity index (χ2v) is 3.68. The van der Waals surface area contributed by atoms with Crippen LogP contribution in [0, 0.1) is 0 Å². The van der Waals surface area contributed by atoms with Crippen LogP contribution in [0.25, 0.3) is 0 Å². The van der Waals surface area contributed by atoms with Crippen LogP contribution >= 0.6 is 0 Å². The van der Waals surface area contributed by atoms with Crippen molar-refractivity contribution in [1.82, 2.24) is 0 Å². The summed E-state index contributed by atoms with van der Waals surface area (Å²) in [6.07, 6.45) is 0.746. The number of hydrogen-bond donors (Lipinski definition) is 0. The predicted molar refractivity (Wildman–Crippen MR) is 58.2 cm³/mol. The van der Waals surface area contributed by atoms with Crippen LogP contribution in [0.4, 0.5) is 8.78 Å². The molecule has 0 aliphatic carbocycles. The minimum Gasteiger partial charge on any atom is -0.487 e. The smallest absolute Gasteiger partial charge is 0.387 e. The highest BCUT2D eigenvalue weighted by atomic mass is 19.3. The quantitative estimate of drug-likeness (QED) is 0.768. The summed E-state index contributed by atoms with van der Waals surface area (Å²) < 4.78 is 34.1. The van der Waals surface area contributed by atoms with Crippen molar-refractivity contribution in [2.75, 3.05) is 0 Å². The number of halogens is 2. The van der Waals surface area contributed by atoms with Gasteiger partial charge in [-0.2, -0.15) is 8.78 Å². The second kappa shape index (κ2) is 5.68. The molecule has 1 aromatic carbocycles. The van der Waals surface area contributed by atoms with E-state index < -0.39 is 6.61 Å². The van der Waals surface area contributed by atoms with Crippen LogP contribution in [0.15, 0.2) is 18.2 Å². The zero-order valence-corrected chi connectivity index (χ0v) is 9.67. The molecule has 0 saturated heterocycles. The third-order valence-corrected chi connectivity index (χ3v) is 2.00. The van der Waals surface area contributed by atoms with E-state index in [1.54, 1.807) is 12.1 Å². The molecule has 0 bridgehead atoms. The minimum absolute atomic E-state index is 0.0767. The lowest BCUT2D eigenvalue weighted by molar-refractivity contribution is -0.0519. The fraction of sp³-hybridized carbons (Fsp3) is 0.500. The minimum atomic E-state index is -2.83. The van der Waals surface area contributed by atoms with E-state index in [4.69, 9.17) is 4.74 Å². The van der Waals surface area contributed by atoms with Gasteiger partial charge in [0.25, 0.3) is 0 Å². The molecule has 0 amide bonds. The molecule has 0 heterocycles. The molecule has 16 heavy (non-hydrogen) atoms. The Morgan fingerprint density at radius 1 is 1.12 bits per heavy atom. The highest BCUT2D eigenvalue weighted by molar-refractivity contribution is 5.43. The van der Waals surface area contributed by atoms with Crippen molar-refractivity contribution in [2.24, 2.45) is 0 Å². The number of ether oxygens (including phenoxy) is 2. The number of alkyl halides is 2. The van der Waals surface area contributed by atoms with Gasteiger partial charge in [0.1, 0.15) is 0 Å². The molecule has 0 radical (unpaired) electrons. The second-order valence-electron chi connectivity index (χ2n) is 3.68. The summed E-state index contributed by atoms with van der Waals surface area (Å²) >= 11 is 0. The van der Waals surface area contributed by atoms with Gasteiger partial charge in [-0.3, -0.25) is 0 Å². The first-order valence-corrected chi connectivity index (χ1v) is 5.27. The Balaban J connectivity index is 2.96. The molecule has 0 fully saturated rings. The van der Waals surface area contributed by atoms with Gasteiger partial charge >= 0.3 is 6.61 Å². The van der Waals surface area contributed by atoms with Gasteiger partial charge in [-0.15, -0.1) is 0 Å². The first kappa shape index (κ1) is 12.7. The molecule has 2 nitrogen and oxygen atoms in total. The maximum absolute atomic E-state index is 12.1. The number of rotatable bonds is 5. The standard InChI is InChI=1S/C12H16F2O2/c1-4-9-5-6-10(16-12(13)14)11(7-9)15-8(2)3/h5-8,12H,4H2,1-3H3. The van der Waals surface area contributed by atoms with E-state index >= 15 is 0 Å². The van der Waals surface area contributed by atoms with Crippen LogP contribution in [0.5, 0.6) is 11.5 Å². The molecule has 0 aromatic heterocycles. The zero-order valence-electron chi connectivity index (χ0n) is 9.67. The lowest BCUT2D eigenvalue weighted by Crippen LogP contribution is -2.09. The summed E-state index contributed by atoms with van der Waals surface area (Å²) in [5, 5.41) is 0. The first-order chi connectivity index (χ1) is 7.52. The maximum Gasteiger partial charge on any atom is 0.387 e. The molecular weight excluding hydrogens is 214 g/mol. The van der Waals surface area contributed by atoms with Crippen LogP contribution in [0.2, 0.25) is 0 Å². The van der Waals surface area contributed by atoms with Gasteiger partial charge in [-0.25, -0.2) is 0 Å². The Morgan fingerprint density at radius 3 is 2.31 bits per heavy atom. The van der Waals surface area contributed by atoms with Gasteiger partial charge in [0.05, 0.1) is 6.10 Å². The van der Waals surface area contributed by atoms with E-state index in [2.05, 4.69) is 4.74 Å². The molecule has 0 unspecified atom stereocenters. The monoisotopic (exact) mass is 230 g/mol. The van der Waals surface area contributed by atoms with E-state index in [9.17, 15) is 8.78 Å². The SMILES string of the molecule is CCc1ccc(OC(F)F)c(OC(C)C)c1. The molecule has 0 spiro atoms. The van der Waals surface area contributed by atoms with Crippen LogP contribution in [0.1, 0.15) is 26.3 Å². The van der Waals surface area contributed by atoms with Crippen molar-refractivity contribution in [3.8, 4) is 11.5 Å². The van der Waals surface area contributed by atoms with Crippen LogP contribution in [-0.4, -0.2) is 12.7 Å². The Labute approximate surface area is 94.2 Å². The summed E-state index contributed by atoms with van der Waals surface area (Å²) in [4.78, 5) is 0. The van der Waals surface area contributed by atoms with Crippen LogP contribution in [-0.2, 0) is 6.42 Å². The summed E-state index contributed by atoms with van der Waals surface area (Å²) in [5.41, 5.74) is 1.03. The van der Waals surface area contributed by atoms with Crippen molar-refractivity contribution >= 4 is 0 Å². The molecule has 0 saturated carbocycles. The van der Waals surface area contributed by atoms with Gasteiger partial charge in [-0.1, -0.05) is 13.0 Å². The average Bonchev–Trinajstić information content (AvgIpc) is 2.19. The van der Waals surface area contributed by atoms with Gasteiger partial charge in [-0.05, 0) is 38.0 Å². The van der Waals surface area contributed by atoms with E-state index in [0.717, 1.165) is 12.0 Å². The van der Waals surface area contributed by atoms with Crippen molar-refractivity contribution in [3.63, 3.8) is 0 Å². The third-order valence-electron chi connectivity index (χ3n) is 2.00. The fourth-order valence-electron chi connectivity index (χ4n) is 1.31. The van der Waals surface area contributed by atoms with Crippen molar-refractivity contribution < 1.29 is 18.3 Å². The van der Waals surface area contributed by atoms with Crippen LogP contribution in [0.3, 0.4) is 0 Å². The summed E-state index contributed by atoms with van der Waals surface area (Å²) in [5.74, 6) is 0.454. The lowest BCUT2D eigenvalue weighted by Gasteiger charge is -2.15. The van der Waals surface area contributed by atoms with E-state index in [1.165, 1.54) is 6.07 Å². The molecule has 0 N–H and O–H groups in total. The highest BCUT2D eigenvalue weighted by Crippen LogP contribution is 2.30. The molecule has 1 aromatic rings. The van der Waals surface area contributed by atoms with Crippen LogP contribution < -0.4 is 9.47 Å². The first-order valence-electron chi connectivity index (χ1n) is 5.27. The fourth-order valence-corrected chi connectivity index (χ4v) is 1.31. The van der Waals surface area contributed by atoms with E-state index in [0.29, 0.717) is 5.75 Å². The molecule has 0 aliphatic heterocycles. The number of benzene rings is 1. The summed E-state index contributed by atoms with van der Waals surface area (Å²) in [6, 6.07) is 5.01.